The van der Waals surface area contributed by atoms with E-state index in [1.54, 1.807) is 6.20 Å². The third-order valence-corrected chi connectivity index (χ3v) is 6.07. The minimum Gasteiger partial charge on any atom is -0.345 e. The second-order valence-electron chi connectivity index (χ2n) is 6.96. The molecule has 5 rings (SSSR count). The maximum absolute atomic E-state index is 12.7. The van der Waals surface area contributed by atoms with Gasteiger partial charge in [-0.25, -0.2) is 15.0 Å². The zero-order valence-corrected chi connectivity index (χ0v) is 18.3. The van der Waals surface area contributed by atoms with Gasteiger partial charge in [-0.1, -0.05) is 59.8 Å². The Hall–Kier alpha value is -3.55. The smallest absolute Gasteiger partial charge is 0.271 e. The van der Waals surface area contributed by atoms with Crippen LogP contribution in [0.15, 0.2) is 94.0 Å². The molecule has 4 aromatic rings. The number of nitrogens with one attached hydrogen (secondary N) is 1. The molecule has 2 aromatic carbocycles. The van der Waals surface area contributed by atoms with Gasteiger partial charge >= 0.3 is 0 Å². The molecule has 0 bridgehead atoms. The Labute approximate surface area is 193 Å². The lowest BCUT2D eigenvalue weighted by Gasteiger charge is -2.09. The van der Waals surface area contributed by atoms with Crippen molar-refractivity contribution in [2.24, 2.45) is 4.99 Å². The number of fused-ring (bicyclic) bond motifs is 2. The number of pyridine rings is 1. The van der Waals surface area contributed by atoms with Crippen molar-refractivity contribution in [1.82, 2.24) is 20.3 Å². The molecular weight excluding hydrogens is 442 g/mol. The quantitative estimate of drug-likeness (QED) is 0.406. The number of aliphatic imine (C=N–C) groups is 1. The number of carbonyl (C=O) groups is 1. The first-order valence-electron chi connectivity index (χ1n) is 9.84. The van der Waals surface area contributed by atoms with E-state index in [0.717, 1.165) is 27.4 Å². The number of hydrogen-bond donors (Lipinski definition) is 1. The molecule has 2 aromatic heterocycles. The lowest BCUT2D eigenvalue weighted by atomic mass is 10.0. The predicted octanol–water partition coefficient (Wildman–Crippen LogP) is 5.09. The summed E-state index contributed by atoms with van der Waals surface area (Å²) in [4.78, 5) is 31.8. The molecule has 156 valence electrons. The summed E-state index contributed by atoms with van der Waals surface area (Å²) in [6, 6.07) is 21.0. The first-order chi connectivity index (χ1) is 15.7. The Morgan fingerprint density at radius 1 is 1.00 bits per heavy atom. The van der Waals surface area contributed by atoms with Gasteiger partial charge in [-0.15, -0.1) is 0 Å². The zero-order valence-electron chi connectivity index (χ0n) is 16.7. The summed E-state index contributed by atoms with van der Waals surface area (Å²) in [6.45, 7) is 0.301. The summed E-state index contributed by atoms with van der Waals surface area (Å²) in [6.07, 6.45) is 3.16. The molecule has 0 saturated carbocycles. The van der Waals surface area contributed by atoms with Crippen LogP contribution in [0.3, 0.4) is 0 Å². The molecule has 0 aliphatic carbocycles. The summed E-state index contributed by atoms with van der Waals surface area (Å²) in [5, 5.41) is 4.08. The zero-order chi connectivity index (χ0) is 21.9. The van der Waals surface area contributed by atoms with Gasteiger partial charge < -0.3 is 5.32 Å². The fourth-order valence-electron chi connectivity index (χ4n) is 3.26. The van der Waals surface area contributed by atoms with Crippen LogP contribution in [-0.4, -0.2) is 26.6 Å². The molecule has 0 saturated heterocycles. The van der Waals surface area contributed by atoms with Crippen LogP contribution in [0.1, 0.15) is 27.3 Å². The lowest BCUT2D eigenvalue weighted by molar-refractivity contribution is 0.0945. The monoisotopic (exact) mass is 457 g/mol. The third kappa shape index (κ3) is 4.26. The van der Waals surface area contributed by atoms with Gasteiger partial charge in [-0.2, -0.15) is 0 Å². The van der Waals surface area contributed by atoms with Crippen LogP contribution in [0.5, 0.6) is 0 Å². The molecule has 6 nitrogen and oxygen atoms in total. The minimum absolute atomic E-state index is 0.195. The molecule has 1 amide bonds. The maximum Gasteiger partial charge on any atom is 0.271 e. The van der Waals surface area contributed by atoms with E-state index in [1.807, 2.05) is 66.7 Å². The Bertz CT molecular complexity index is 1340. The van der Waals surface area contributed by atoms with Crippen molar-refractivity contribution in [1.29, 1.82) is 0 Å². The number of amides is 1. The van der Waals surface area contributed by atoms with Crippen molar-refractivity contribution in [3.8, 4) is 0 Å². The summed E-state index contributed by atoms with van der Waals surface area (Å²) < 4.78 is 0. The highest BCUT2D eigenvalue weighted by molar-refractivity contribution is 7.99. The minimum atomic E-state index is -0.336. The fraction of sp³-hybridized carbons (Fsp3) is 0.0417. The Morgan fingerprint density at radius 3 is 2.72 bits per heavy atom. The van der Waals surface area contributed by atoms with Gasteiger partial charge in [0.2, 0.25) is 0 Å². The van der Waals surface area contributed by atoms with Gasteiger partial charge in [0, 0.05) is 27.2 Å². The standard InChI is InChI=1S/C24H16ClN5OS/c25-16-7-5-6-15(12-16)21-18-9-1-2-10-20(18)32-24-22(30-21)29-19(14-28-24)23(31)27-13-17-8-3-4-11-26-17/h1-12,14H,13H2,(H,27,31). The van der Waals surface area contributed by atoms with Crippen LogP contribution in [0.25, 0.3) is 0 Å². The van der Waals surface area contributed by atoms with Crippen LogP contribution in [0, 0.1) is 0 Å². The Balaban J connectivity index is 1.52. The number of benzene rings is 2. The molecule has 32 heavy (non-hydrogen) atoms. The van der Waals surface area contributed by atoms with E-state index in [0.29, 0.717) is 22.4 Å². The van der Waals surface area contributed by atoms with Crippen LogP contribution in [0.4, 0.5) is 5.82 Å². The lowest BCUT2D eigenvalue weighted by Crippen LogP contribution is -2.24. The summed E-state index contributed by atoms with van der Waals surface area (Å²) in [5.74, 6) is 0.0591. The highest BCUT2D eigenvalue weighted by Gasteiger charge is 2.22. The Morgan fingerprint density at radius 2 is 1.88 bits per heavy atom. The number of aromatic nitrogens is 3. The van der Waals surface area contributed by atoms with Gasteiger partial charge in [0.05, 0.1) is 24.1 Å². The third-order valence-electron chi connectivity index (χ3n) is 4.78. The van der Waals surface area contributed by atoms with Crippen molar-refractivity contribution in [3.63, 3.8) is 0 Å². The number of halogens is 1. The molecule has 1 aliphatic heterocycles. The van der Waals surface area contributed by atoms with Crippen molar-refractivity contribution in [3.05, 3.63) is 107 Å². The molecule has 1 N–H and O–H groups in total. The fourth-order valence-corrected chi connectivity index (χ4v) is 4.37. The van der Waals surface area contributed by atoms with Gasteiger partial charge in [0.1, 0.15) is 10.7 Å². The van der Waals surface area contributed by atoms with Gasteiger partial charge in [-0.05, 0) is 30.3 Å². The van der Waals surface area contributed by atoms with Gasteiger partial charge in [-0.3, -0.25) is 9.78 Å². The summed E-state index contributed by atoms with van der Waals surface area (Å²) >= 11 is 7.71. The number of carbonyl (C=O) groups excluding carboxylic acids is 1. The van der Waals surface area contributed by atoms with Crippen LogP contribution in [-0.2, 0) is 6.54 Å². The second kappa shape index (κ2) is 8.90. The van der Waals surface area contributed by atoms with Crippen molar-refractivity contribution in [2.75, 3.05) is 0 Å². The Kier molecular flexibility index (Phi) is 5.66. The largest absolute Gasteiger partial charge is 0.345 e. The molecule has 1 aliphatic rings. The molecule has 0 fully saturated rings. The molecule has 0 unspecified atom stereocenters. The molecular formula is C24H16ClN5OS. The first kappa shape index (κ1) is 20.4. The van der Waals surface area contributed by atoms with E-state index in [2.05, 4.69) is 20.3 Å². The van der Waals surface area contributed by atoms with E-state index < -0.39 is 0 Å². The SMILES string of the molecule is O=C(NCc1ccccn1)c1cnc2c(n1)N=C(c1cccc(Cl)c1)c1ccccc1S2. The average Bonchev–Trinajstić information content (AvgIpc) is 2.99. The number of hydrogen-bond acceptors (Lipinski definition) is 6. The van der Waals surface area contributed by atoms with Crippen LogP contribution < -0.4 is 5.32 Å². The van der Waals surface area contributed by atoms with Crippen molar-refractivity contribution >= 4 is 40.8 Å². The van der Waals surface area contributed by atoms with Crippen LogP contribution >= 0.6 is 23.4 Å². The van der Waals surface area contributed by atoms with Crippen LogP contribution in [0.2, 0.25) is 5.02 Å². The summed E-state index contributed by atoms with van der Waals surface area (Å²) in [5.41, 5.74) is 3.51. The second-order valence-corrected chi connectivity index (χ2v) is 8.42. The highest BCUT2D eigenvalue weighted by atomic mass is 35.5. The van der Waals surface area contributed by atoms with E-state index in [1.165, 1.54) is 18.0 Å². The van der Waals surface area contributed by atoms with Crippen molar-refractivity contribution < 1.29 is 4.79 Å². The number of rotatable bonds is 4. The topological polar surface area (TPSA) is 80.1 Å². The van der Waals surface area contributed by atoms with Gasteiger partial charge in [0.25, 0.3) is 5.91 Å². The van der Waals surface area contributed by atoms with E-state index in [-0.39, 0.29) is 11.6 Å². The van der Waals surface area contributed by atoms with Crippen molar-refractivity contribution in [2.45, 2.75) is 16.5 Å². The highest BCUT2D eigenvalue weighted by Crippen LogP contribution is 2.39. The summed E-state index contributed by atoms with van der Waals surface area (Å²) in [7, 11) is 0. The molecule has 3 heterocycles. The first-order valence-corrected chi connectivity index (χ1v) is 11.0. The molecule has 0 spiro atoms. The van der Waals surface area contributed by atoms with E-state index >= 15 is 0 Å². The maximum atomic E-state index is 12.7. The number of nitrogens with zero attached hydrogens (tertiary/aromatic N) is 4. The average molecular weight is 458 g/mol. The van der Waals surface area contributed by atoms with E-state index in [9.17, 15) is 4.79 Å². The molecule has 0 atom stereocenters. The predicted molar refractivity (Wildman–Crippen MR) is 125 cm³/mol. The van der Waals surface area contributed by atoms with E-state index in [4.69, 9.17) is 16.6 Å². The molecule has 0 radical (unpaired) electrons. The van der Waals surface area contributed by atoms with Gasteiger partial charge in [0.15, 0.2) is 5.82 Å². The molecule has 8 heteroatoms. The normalized spacial score (nSPS) is 12.2.